The molecule has 0 unspecified atom stereocenters. The van der Waals surface area contributed by atoms with Gasteiger partial charge in [0.1, 0.15) is 17.5 Å². The van der Waals surface area contributed by atoms with Gasteiger partial charge in [-0.3, -0.25) is 0 Å². The molecule has 4 heteroatoms. The van der Waals surface area contributed by atoms with E-state index in [4.69, 9.17) is 10.00 Å². The van der Waals surface area contributed by atoms with Crippen molar-refractivity contribution in [3.05, 3.63) is 39.7 Å². The molecule has 1 heterocycles. The Kier molecular flexibility index (Phi) is 3.38. The Hall–Kier alpha value is -1.48. The van der Waals surface area contributed by atoms with Crippen LogP contribution in [0.3, 0.4) is 0 Å². The Morgan fingerprint density at radius 3 is 2.41 bits per heavy atom. The van der Waals surface area contributed by atoms with Gasteiger partial charge >= 0.3 is 0 Å². The van der Waals surface area contributed by atoms with Crippen molar-refractivity contribution in [2.75, 3.05) is 7.11 Å². The number of hydrogen-bond donors (Lipinski definition) is 0. The van der Waals surface area contributed by atoms with Crippen molar-refractivity contribution in [3.8, 4) is 22.9 Å². The molecule has 2 rings (SSSR count). The first-order valence-corrected chi connectivity index (χ1v) is 6.14. The summed E-state index contributed by atoms with van der Waals surface area (Å²) >= 11 is 2.21. The van der Waals surface area contributed by atoms with Gasteiger partial charge in [-0.05, 0) is 40.3 Å². The van der Waals surface area contributed by atoms with Crippen molar-refractivity contribution in [2.24, 2.45) is 7.05 Å². The van der Waals surface area contributed by atoms with Gasteiger partial charge in [-0.25, -0.2) is 0 Å². The van der Waals surface area contributed by atoms with Gasteiger partial charge in [0.15, 0.2) is 0 Å². The molecule has 0 atom stereocenters. The first-order valence-electron chi connectivity index (χ1n) is 5.06. The minimum atomic E-state index is 0.691. The third-order valence-corrected chi connectivity index (χ3v) is 3.72. The highest BCUT2D eigenvalue weighted by molar-refractivity contribution is 14.1. The van der Waals surface area contributed by atoms with Crippen molar-refractivity contribution in [1.82, 2.24) is 4.57 Å². The molecular formula is C13H11IN2O. The molecule has 0 bridgehead atoms. The van der Waals surface area contributed by atoms with E-state index >= 15 is 0 Å². The van der Waals surface area contributed by atoms with Crippen LogP contribution < -0.4 is 4.74 Å². The fourth-order valence-electron chi connectivity index (χ4n) is 1.70. The summed E-state index contributed by atoms with van der Waals surface area (Å²) in [6, 6.07) is 10.0. The number of nitriles is 1. The summed E-state index contributed by atoms with van der Waals surface area (Å²) < 4.78 is 7.96. The summed E-state index contributed by atoms with van der Waals surface area (Å²) in [6.45, 7) is 0. The van der Waals surface area contributed by atoms with Crippen LogP contribution in [0.4, 0.5) is 0 Å². The summed E-state index contributed by atoms with van der Waals surface area (Å²) in [5.74, 6) is 0.834. The van der Waals surface area contributed by atoms with Gasteiger partial charge in [0, 0.05) is 18.8 Å². The minimum Gasteiger partial charge on any atom is -0.497 e. The van der Waals surface area contributed by atoms with Crippen LogP contribution in [0.15, 0.2) is 30.5 Å². The standard InChI is InChI=1S/C13H11IN2O/c1-16-8-11(13(14)12(16)7-15)9-3-5-10(17-2)6-4-9/h3-6,8H,1-2H3. The number of benzene rings is 1. The average Bonchev–Trinajstić information content (AvgIpc) is 2.64. The monoisotopic (exact) mass is 338 g/mol. The molecule has 0 fully saturated rings. The van der Waals surface area contributed by atoms with Crippen LogP contribution in [-0.4, -0.2) is 11.7 Å². The van der Waals surface area contributed by atoms with Gasteiger partial charge in [-0.2, -0.15) is 5.26 Å². The van der Waals surface area contributed by atoms with E-state index in [9.17, 15) is 0 Å². The smallest absolute Gasteiger partial charge is 0.134 e. The summed E-state index contributed by atoms with van der Waals surface area (Å²) in [6.07, 6.45) is 1.97. The van der Waals surface area contributed by atoms with Gasteiger partial charge in [0.2, 0.25) is 0 Å². The third-order valence-electron chi connectivity index (χ3n) is 2.63. The van der Waals surface area contributed by atoms with Crippen molar-refractivity contribution in [1.29, 1.82) is 5.26 Å². The molecule has 17 heavy (non-hydrogen) atoms. The lowest BCUT2D eigenvalue weighted by molar-refractivity contribution is 0.415. The number of aromatic nitrogens is 1. The Labute approximate surface area is 114 Å². The van der Waals surface area contributed by atoms with Crippen molar-refractivity contribution in [3.63, 3.8) is 0 Å². The summed E-state index contributed by atoms with van der Waals surface area (Å²) in [5, 5.41) is 9.05. The van der Waals surface area contributed by atoms with E-state index in [2.05, 4.69) is 28.7 Å². The van der Waals surface area contributed by atoms with E-state index in [1.165, 1.54) is 0 Å². The fraction of sp³-hybridized carbons (Fsp3) is 0.154. The number of ether oxygens (including phenoxy) is 1. The molecule has 0 radical (unpaired) electrons. The SMILES string of the molecule is COc1ccc(-c2cn(C)c(C#N)c2I)cc1. The first kappa shape index (κ1) is 12.0. The second kappa shape index (κ2) is 4.80. The van der Waals surface area contributed by atoms with E-state index in [0.29, 0.717) is 5.69 Å². The fourth-order valence-corrected chi connectivity index (χ4v) is 2.65. The lowest BCUT2D eigenvalue weighted by Gasteiger charge is -2.02. The number of hydrogen-bond acceptors (Lipinski definition) is 2. The van der Waals surface area contributed by atoms with Crippen LogP contribution >= 0.6 is 22.6 Å². The van der Waals surface area contributed by atoms with Gasteiger partial charge in [0.05, 0.1) is 10.7 Å². The van der Waals surface area contributed by atoms with E-state index in [-0.39, 0.29) is 0 Å². The number of rotatable bonds is 2. The van der Waals surface area contributed by atoms with Gasteiger partial charge in [-0.15, -0.1) is 0 Å². The van der Waals surface area contributed by atoms with Gasteiger partial charge in [-0.1, -0.05) is 12.1 Å². The molecule has 0 aliphatic heterocycles. The van der Waals surface area contributed by atoms with E-state index in [0.717, 1.165) is 20.4 Å². The zero-order chi connectivity index (χ0) is 12.4. The van der Waals surface area contributed by atoms with Crippen molar-refractivity contribution < 1.29 is 4.74 Å². The van der Waals surface area contributed by atoms with Gasteiger partial charge in [0.25, 0.3) is 0 Å². The molecule has 0 spiro atoms. The molecular weight excluding hydrogens is 327 g/mol. The van der Waals surface area contributed by atoms with Crippen LogP contribution in [0.25, 0.3) is 11.1 Å². The summed E-state index contributed by atoms with van der Waals surface area (Å²) in [5.41, 5.74) is 2.86. The first-order chi connectivity index (χ1) is 8.17. The van der Waals surface area contributed by atoms with Crippen LogP contribution in [0.1, 0.15) is 5.69 Å². The summed E-state index contributed by atoms with van der Waals surface area (Å²) in [7, 11) is 3.53. The normalized spacial score (nSPS) is 10.0. The van der Waals surface area contributed by atoms with Crippen LogP contribution in [-0.2, 0) is 7.05 Å². The largest absolute Gasteiger partial charge is 0.497 e. The zero-order valence-corrected chi connectivity index (χ0v) is 11.7. The maximum absolute atomic E-state index is 9.05. The van der Waals surface area contributed by atoms with Crippen LogP contribution in [0.5, 0.6) is 5.75 Å². The third kappa shape index (κ3) is 2.15. The molecule has 0 aliphatic carbocycles. The van der Waals surface area contributed by atoms with E-state index in [1.54, 1.807) is 7.11 Å². The lowest BCUT2D eigenvalue weighted by Crippen LogP contribution is -1.89. The molecule has 1 aromatic carbocycles. The second-order valence-electron chi connectivity index (χ2n) is 3.66. The molecule has 0 saturated heterocycles. The number of halogens is 1. The lowest BCUT2D eigenvalue weighted by atomic mass is 10.1. The number of methoxy groups -OCH3 is 1. The molecule has 0 N–H and O–H groups in total. The molecule has 0 aliphatic rings. The highest BCUT2D eigenvalue weighted by Crippen LogP contribution is 2.29. The second-order valence-corrected chi connectivity index (χ2v) is 4.74. The minimum absolute atomic E-state index is 0.691. The zero-order valence-electron chi connectivity index (χ0n) is 9.57. The van der Waals surface area contributed by atoms with E-state index < -0.39 is 0 Å². The molecule has 0 amide bonds. The molecule has 3 nitrogen and oxygen atoms in total. The average molecular weight is 338 g/mol. The van der Waals surface area contributed by atoms with Crippen LogP contribution in [0, 0.1) is 14.9 Å². The quantitative estimate of drug-likeness (QED) is 0.789. The Balaban J connectivity index is 2.50. The number of aryl methyl sites for hydroxylation is 1. The topological polar surface area (TPSA) is 38.0 Å². The van der Waals surface area contributed by atoms with Gasteiger partial charge < -0.3 is 9.30 Å². The number of nitrogens with zero attached hydrogens (tertiary/aromatic N) is 2. The highest BCUT2D eigenvalue weighted by Gasteiger charge is 2.12. The molecule has 0 saturated carbocycles. The van der Waals surface area contributed by atoms with E-state index in [1.807, 2.05) is 42.1 Å². The summed E-state index contributed by atoms with van der Waals surface area (Å²) in [4.78, 5) is 0. The van der Waals surface area contributed by atoms with Crippen molar-refractivity contribution in [2.45, 2.75) is 0 Å². The highest BCUT2D eigenvalue weighted by atomic mass is 127. The van der Waals surface area contributed by atoms with Crippen LogP contribution in [0.2, 0.25) is 0 Å². The molecule has 1 aromatic heterocycles. The maximum atomic E-state index is 9.05. The predicted molar refractivity (Wildman–Crippen MR) is 74.8 cm³/mol. The predicted octanol–water partition coefficient (Wildman–Crippen LogP) is 3.18. The molecule has 2 aromatic rings. The Morgan fingerprint density at radius 1 is 1.29 bits per heavy atom. The maximum Gasteiger partial charge on any atom is 0.134 e. The van der Waals surface area contributed by atoms with Crippen molar-refractivity contribution >= 4 is 22.6 Å². The Bertz CT molecular complexity index is 579. The Morgan fingerprint density at radius 2 is 1.94 bits per heavy atom. The molecule has 86 valence electrons.